The van der Waals surface area contributed by atoms with Crippen LogP contribution in [0.1, 0.15) is 44.1 Å². The Bertz CT molecular complexity index is 688. The Hall–Kier alpha value is -2.08. The van der Waals surface area contributed by atoms with Crippen molar-refractivity contribution in [3.63, 3.8) is 0 Å². The van der Waals surface area contributed by atoms with Crippen molar-refractivity contribution >= 4 is 11.9 Å². The van der Waals surface area contributed by atoms with E-state index >= 15 is 0 Å². The van der Waals surface area contributed by atoms with Crippen LogP contribution in [0, 0.1) is 0 Å². The molecular weight excluding hydrogens is 354 g/mol. The normalized spacial score (nSPS) is 24.6. The molecule has 1 saturated carbocycles. The molecular formula is C22H31N3O3. The van der Waals surface area contributed by atoms with Crippen LogP contribution >= 0.6 is 0 Å². The summed E-state index contributed by atoms with van der Waals surface area (Å²) in [4.78, 5) is 28.6. The van der Waals surface area contributed by atoms with Crippen LogP contribution in [0.2, 0.25) is 0 Å². The van der Waals surface area contributed by atoms with E-state index in [4.69, 9.17) is 4.74 Å². The second kappa shape index (κ2) is 8.52. The van der Waals surface area contributed by atoms with Gasteiger partial charge in [-0.25, -0.2) is 4.79 Å². The molecule has 28 heavy (non-hydrogen) atoms. The van der Waals surface area contributed by atoms with E-state index in [1.807, 2.05) is 23.1 Å². The Morgan fingerprint density at radius 1 is 1.14 bits per heavy atom. The zero-order valence-corrected chi connectivity index (χ0v) is 16.6. The largest absolute Gasteiger partial charge is 0.373 e. The maximum absolute atomic E-state index is 12.6. The highest BCUT2D eigenvalue weighted by Crippen LogP contribution is 2.39. The number of benzene rings is 1. The van der Waals surface area contributed by atoms with Gasteiger partial charge in [0.25, 0.3) is 0 Å². The number of urea groups is 1. The first-order valence-corrected chi connectivity index (χ1v) is 10.6. The minimum atomic E-state index is -0.127. The van der Waals surface area contributed by atoms with E-state index in [2.05, 4.69) is 17.4 Å². The van der Waals surface area contributed by atoms with E-state index in [1.54, 1.807) is 4.90 Å². The van der Waals surface area contributed by atoms with Crippen LogP contribution in [0.25, 0.3) is 0 Å². The van der Waals surface area contributed by atoms with E-state index < -0.39 is 0 Å². The Balaban J connectivity index is 1.23. The highest BCUT2D eigenvalue weighted by Gasteiger charge is 2.42. The first-order chi connectivity index (χ1) is 13.6. The summed E-state index contributed by atoms with van der Waals surface area (Å²) >= 11 is 0. The summed E-state index contributed by atoms with van der Waals surface area (Å²) < 4.78 is 6.09. The predicted octanol–water partition coefficient (Wildman–Crippen LogP) is 2.57. The molecule has 0 bridgehead atoms. The fraction of sp³-hybridized carbons (Fsp3) is 0.636. The number of rotatable bonds is 4. The fourth-order valence-corrected chi connectivity index (χ4v) is 4.77. The molecule has 2 heterocycles. The van der Waals surface area contributed by atoms with Crippen molar-refractivity contribution in [3.8, 4) is 0 Å². The molecule has 1 aliphatic carbocycles. The van der Waals surface area contributed by atoms with Gasteiger partial charge in [-0.3, -0.25) is 4.79 Å². The van der Waals surface area contributed by atoms with Gasteiger partial charge in [-0.15, -0.1) is 0 Å². The average molecular weight is 386 g/mol. The molecule has 6 heteroatoms. The molecule has 4 rings (SSSR count). The van der Waals surface area contributed by atoms with Crippen LogP contribution < -0.4 is 5.32 Å². The quantitative estimate of drug-likeness (QED) is 0.867. The second-order valence-electron chi connectivity index (χ2n) is 8.44. The molecule has 3 aliphatic rings. The number of hydrogen-bond acceptors (Lipinski definition) is 3. The van der Waals surface area contributed by atoms with Crippen LogP contribution in [0.15, 0.2) is 30.3 Å². The predicted molar refractivity (Wildman–Crippen MR) is 107 cm³/mol. The number of carbonyl (C=O) groups excluding carboxylic acids is 2. The van der Waals surface area contributed by atoms with Crippen molar-refractivity contribution in [3.05, 3.63) is 35.9 Å². The van der Waals surface area contributed by atoms with Crippen LogP contribution in [-0.2, 0) is 16.0 Å². The van der Waals surface area contributed by atoms with E-state index in [-0.39, 0.29) is 30.1 Å². The van der Waals surface area contributed by atoms with E-state index in [0.717, 1.165) is 25.7 Å². The lowest BCUT2D eigenvalue weighted by atomic mass is 9.82. The average Bonchev–Trinajstić information content (AvgIpc) is 3.10. The minimum absolute atomic E-state index is 0.0118. The third-order valence-corrected chi connectivity index (χ3v) is 6.42. The van der Waals surface area contributed by atoms with E-state index in [1.165, 1.54) is 24.8 Å². The van der Waals surface area contributed by atoms with E-state index in [0.29, 0.717) is 26.2 Å². The van der Waals surface area contributed by atoms with Gasteiger partial charge in [-0.2, -0.15) is 0 Å². The summed E-state index contributed by atoms with van der Waals surface area (Å²) in [7, 11) is 0. The van der Waals surface area contributed by atoms with Gasteiger partial charge >= 0.3 is 6.03 Å². The molecule has 1 spiro atoms. The molecule has 1 atom stereocenters. The summed E-state index contributed by atoms with van der Waals surface area (Å²) in [6.07, 6.45) is 7.71. The number of nitrogens with one attached hydrogen (secondary N) is 1. The third-order valence-electron chi connectivity index (χ3n) is 6.42. The standard InChI is InChI=1S/C22H31N3O3/c26-20-16-25(14-13-24(20)12-9-18-7-3-1-4-8-18)21(27)23-19-15-22(28-17-19)10-5-2-6-11-22/h1,3-4,7-8,19H,2,5-6,9-17H2,(H,23,27). The number of amides is 3. The summed E-state index contributed by atoms with van der Waals surface area (Å²) in [5.74, 6) is 0.0313. The van der Waals surface area contributed by atoms with Crippen molar-refractivity contribution in [2.24, 2.45) is 0 Å². The molecule has 1 aromatic carbocycles. The SMILES string of the molecule is O=C1CN(C(=O)NC2COC3(CCCCC3)C2)CCN1CCc1ccccc1. The second-order valence-corrected chi connectivity index (χ2v) is 8.44. The van der Waals surface area contributed by atoms with Gasteiger partial charge < -0.3 is 19.9 Å². The Labute approximate surface area is 167 Å². The summed E-state index contributed by atoms with van der Waals surface area (Å²) in [5, 5.41) is 3.10. The monoisotopic (exact) mass is 385 g/mol. The lowest BCUT2D eigenvalue weighted by Gasteiger charge is -2.35. The first kappa shape index (κ1) is 19.2. The van der Waals surface area contributed by atoms with Gasteiger partial charge in [0.1, 0.15) is 6.54 Å². The van der Waals surface area contributed by atoms with Crippen LogP contribution in [0.5, 0.6) is 0 Å². The first-order valence-electron chi connectivity index (χ1n) is 10.6. The molecule has 2 saturated heterocycles. The van der Waals surface area contributed by atoms with Gasteiger partial charge in [0.2, 0.25) is 5.91 Å². The van der Waals surface area contributed by atoms with Crippen LogP contribution in [0.4, 0.5) is 4.79 Å². The topological polar surface area (TPSA) is 61.9 Å². The molecule has 0 radical (unpaired) electrons. The van der Waals surface area contributed by atoms with Crippen LogP contribution in [0.3, 0.4) is 0 Å². The molecule has 1 N–H and O–H groups in total. The molecule has 1 aromatic rings. The summed E-state index contributed by atoms with van der Waals surface area (Å²) in [6.45, 7) is 2.66. The molecule has 2 aliphatic heterocycles. The Morgan fingerprint density at radius 2 is 1.93 bits per heavy atom. The van der Waals surface area contributed by atoms with E-state index in [9.17, 15) is 9.59 Å². The van der Waals surface area contributed by atoms with Crippen molar-refractivity contribution in [2.45, 2.75) is 56.6 Å². The van der Waals surface area contributed by atoms with Gasteiger partial charge in [0.05, 0.1) is 18.2 Å². The molecule has 3 amide bonds. The lowest BCUT2D eigenvalue weighted by Crippen LogP contribution is -2.56. The number of ether oxygens (including phenoxy) is 1. The summed E-state index contributed by atoms with van der Waals surface area (Å²) in [5.41, 5.74) is 1.22. The maximum Gasteiger partial charge on any atom is 0.318 e. The van der Waals surface area contributed by atoms with Gasteiger partial charge in [-0.05, 0) is 31.2 Å². The number of carbonyl (C=O) groups is 2. The minimum Gasteiger partial charge on any atom is -0.373 e. The maximum atomic E-state index is 12.6. The van der Waals surface area contributed by atoms with Gasteiger partial charge in [0.15, 0.2) is 0 Å². The Kier molecular flexibility index (Phi) is 5.85. The van der Waals surface area contributed by atoms with Crippen molar-refractivity contribution in [1.82, 2.24) is 15.1 Å². The van der Waals surface area contributed by atoms with Gasteiger partial charge in [0, 0.05) is 19.6 Å². The molecule has 0 aromatic heterocycles. The smallest absolute Gasteiger partial charge is 0.318 e. The highest BCUT2D eigenvalue weighted by molar-refractivity contribution is 5.85. The Morgan fingerprint density at radius 3 is 2.68 bits per heavy atom. The van der Waals surface area contributed by atoms with Crippen molar-refractivity contribution in [2.75, 3.05) is 32.8 Å². The molecule has 152 valence electrons. The molecule has 1 unspecified atom stereocenters. The zero-order chi connectivity index (χ0) is 19.4. The lowest BCUT2D eigenvalue weighted by molar-refractivity contribution is -0.134. The molecule has 6 nitrogen and oxygen atoms in total. The van der Waals surface area contributed by atoms with Crippen LogP contribution in [-0.4, -0.2) is 66.2 Å². The van der Waals surface area contributed by atoms with Crippen molar-refractivity contribution < 1.29 is 14.3 Å². The summed E-state index contributed by atoms with van der Waals surface area (Å²) in [6, 6.07) is 10.1. The number of nitrogens with zero attached hydrogens (tertiary/aromatic N) is 2. The number of hydrogen-bond donors (Lipinski definition) is 1. The molecule has 3 fully saturated rings. The zero-order valence-electron chi connectivity index (χ0n) is 16.6. The number of piperazine rings is 1. The highest BCUT2D eigenvalue weighted by atomic mass is 16.5. The van der Waals surface area contributed by atoms with Crippen molar-refractivity contribution in [1.29, 1.82) is 0 Å². The van der Waals surface area contributed by atoms with Gasteiger partial charge in [-0.1, -0.05) is 49.6 Å². The third kappa shape index (κ3) is 4.49. The fourth-order valence-electron chi connectivity index (χ4n) is 4.77.